The second-order valence-electron chi connectivity index (χ2n) is 8.61. The van der Waals surface area contributed by atoms with Gasteiger partial charge in [0.2, 0.25) is 5.95 Å². The van der Waals surface area contributed by atoms with E-state index in [4.69, 9.17) is 27.9 Å². The average Bonchev–Trinajstić information content (AvgIpc) is 3.39. The molecular formula is C27H21Cl2N3O4. The summed E-state index contributed by atoms with van der Waals surface area (Å²) in [5.41, 5.74) is 2.11. The number of Topliss-reactive ketones (excluding diaryl/α,β-unsaturated/α-hetero) is 1. The Kier molecular flexibility index (Phi) is 6.20. The molecule has 4 aromatic rings. The van der Waals surface area contributed by atoms with Crippen molar-refractivity contribution in [3.05, 3.63) is 93.5 Å². The fourth-order valence-electron chi connectivity index (χ4n) is 4.22. The Bertz CT molecular complexity index is 1490. The Labute approximate surface area is 216 Å². The lowest BCUT2D eigenvalue weighted by Crippen LogP contribution is -2.30. The molecule has 1 amide bonds. The molecule has 1 atom stereocenters. The van der Waals surface area contributed by atoms with E-state index in [1.54, 1.807) is 30.3 Å². The summed E-state index contributed by atoms with van der Waals surface area (Å²) in [6, 6.07) is 17.9. The van der Waals surface area contributed by atoms with Gasteiger partial charge < -0.3 is 14.8 Å². The van der Waals surface area contributed by atoms with Gasteiger partial charge in [0.1, 0.15) is 11.5 Å². The van der Waals surface area contributed by atoms with Gasteiger partial charge in [-0.2, -0.15) is 0 Å². The van der Waals surface area contributed by atoms with Gasteiger partial charge >= 0.3 is 5.91 Å². The number of carbonyl (C=O) groups excluding carboxylic acids is 2. The van der Waals surface area contributed by atoms with Crippen LogP contribution in [0.2, 0.25) is 10.0 Å². The van der Waals surface area contributed by atoms with Crippen molar-refractivity contribution in [3.63, 3.8) is 0 Å². The van der Waals surface area contributed by atoms with E-state index in [-0.39, 0.29) is 34.0 Å². The normalized spacial score (nSPS) is 17.4. The van der Waals surface area contributed by atoms with Crippen molar-refractivity contribution in [1.82, 2.24) is 9.97 Å². The molecule has 0 radical (unpaired) electrons. The minimum atomic E-state index is -0.951. The van der Waals surface area contributed by atoms with Crippen LogP contribution >= 0.6 is 23.2 Å². The number of anilines is 1. The third-order valence-corrected chi connectivity index (χ3v) is 6.55. The zero-order valence-corrected chi connectivity index (χ0v) is 20.8. The molecular weight excluding hydrogens is 501 g/mol. The van der Waals surface area contributed by atoms with Crippen molar-refractivity contribution in [2.24, 2.45) is 0 Å². The molecule has 5 rings (SSSR count). The second kappa shape index (κ2) is 9.33. The number of ether oxygens (including phenoxy) is 1. The summed E-state index contributed by atoms with van der Waals surface area (Å²) >= 11 is 12.2. The van der Waals surface area contributed by atoms with Gasteiger partial charge in [0.25, 0.3) is 5.78 Å². The fraction of sp³-hybridized carbons (Fsp3) is 0.148. The van der Waals surface area contributed by atoms with E-state index >= 15 is 0 Å². The first-order valence-corrected chi connectivity index (χ1v) is 12.0. The monoisotopic (exact) mass is 521 g/mol. The van der Waals surface area contributed by atoms with E-state index in [0.29, 0.717) is 27.4 Å². The predicted octanol–water partition coefficient (Wildman–Crippen LogP) is 6.28. The molecule has 3 aromatic carbocycles. The van der Waals surface area contributed by atoms with Crippen molar-refractivity contribution in [2.75, 3.05) is 4.90 Å². The molecule has 1 aromatic heterocycles. The number of para-hydroxylation sites is 2. The molecule has 2 N–H and O–H groups in total. The van der Waals surface area contributed by atoms with E-state index < -0.39 is 17.7 Å². The number of aliphatic hydroxyl groups excluding tert-OH is 1. The number of carbonyl (C=O) groups is 2. The summed E-state index contributed by atoms with van der Waals surface area (Å²) in [5.74, 6) is -1.19. The Morgan fingerprint density at radius 3 is 2.42 bits per heavy atom. The van der Waals surface area contributed by atoms with E-state index in [2.05, 4.69) is 9.97 Å². The zero-order valence-electron chi connectivity index (χ0n) is 19.3. The molecule has 1 aliphatic heterocycles. The summed E-state index contributed by atoms with van der Waals surface area (Å²) in [5, 5.41) is 11.8. The standard InChI is InChI=1S/C27H21Cl2N3O4/c1-14(2)36-17-10-7-15(8-11-17)23-22(24(33)16-9-12-18(28)19(29)13-16)25(34)26(35)32(23)27-30-20-5-3-4-6-21(20)31-27/h3-14,23,33H,1-2H3,(H,30,31)/b24-22+. The lowest BCUT2D eigenvalue weighted by Gasteiger charge is -2.23. The molecule has 0 spiro atoms. The summed E-state index contributed by atoms with van der Waals surface area (Å²) in [4.78, 5) is 35.6. The first kappa shape index (κ1) is 23.9. The van der Waals surface area contributed by atoms with Crippen LogP contribution < -0.4 is 9.64 Å². The molecule has 1 fully saturated rings. The second-order valence-corrected chi connectivity index (χ2v) is 9.43. The number of halogens is 2. The van der Waals surface area contributed by atoms with Crippen LogP contribution in [0.3, 0.4) is 0 Å². The summed E-state index contributed by atoms with van der Waals surface area (Å²) in [7, 11) is 0. The molecule has 0 saturated carbocycles. The molecule has 0 bridgehead atoms. The van der Waals surface area contributed by atoms with E-state index in [0.717, 1.165) is 0 Å². The van der Waals surface area contributed by atoms with Gasteiger partial charge in [0.15, 0.2) is 0 Å². The number of hydrogen-bond donors (Lipinski definition) is 2. The largest absolute Gasteiger partial charge is 0.507 e. The first-order valence-electron chi connectivity index (χ1n) is 11.2. The fourth-order valence-corrected chi connectivity index (χ4v) is 4.52. The number of nitrogens with one attached hydrogen (secondary N) is 1. The van der Waals surface area contributed by atoms with E-state index in [1.165, 1.54) is 23.1 Å². The highest BCUT2D eigenvalue weighted by Crippen LogP contribution is 2.42. The number of H-pyrrole nitrogens is 1. The summed E-state index contributed by atoms with van der Waals surface area (Å²) in [6.07, 6.45) is -0.0216. The number of fused-ring (bicyclic) bond motifs is 1. The average molecular weight is 522 g/mol. The molecule has 7 nitrogen and oxygen atoms in total. The Balaban J connectivity index is 1.69. The highest BCUT2D eigenvalue weighted by Gasteiger charge is 2.48. The van der Waals surface area contributed by atoms with Crippen molar-refractivity contribution < 1.29 is 19.4 Å². The molecule has 1 aliphatic rings. The topological polar surface area (TPSA) is 95.5 Å². The van der Waals surface area contributed by atoms with E-state index in [9.17, 15) is 14.7 Å². The molecule has 1 unspecified atom stereocenters. The lowest BCUT2D eigenvalue weighted by molar-refractivity contribution is -0.132. The number of aliphatic hydroxyl groups is 1. The highest BCUT2D eigenvalue weighted by molar-refractivity contribution is 6.51. The SMILES string of the molecule is CC(C)Oc1ccc(C2/C(=C(\O)c3ccc(Cl)c(Cl)c3)C(=O)C(=O)N2c2nc3ccccc3[nH]2)cc1. The number of hydrogen-bond acceptors (Lipinski definition) is 5. The van der Waals surface area contributed by atoms with Crippen molar-refractivity contribution in [3.8, 4) is 5.75 Å². The third-order valence-electron chi connectivity index (χ3n) is 5.81. The number of benzene rings is 3. The summed E-state index contributed by atoms with van der Waals surface area (Å²) in [6.45, 7) is 3.84. The Morgan fingerprint density at radius 2 is 1.75 bits per heavy atom. The highest BCUT2D eigenvalue weighted by atomic mass is 35.5. The number of aromatic nitrogens is 2. The van der Waals surface area contributed by atoms with Crippen LogP contribution in [0.4, 0.5) is 5.95 Å². The van der Waals surface area contributed by atoms with Crippen LogP contribution in [0.25, 0.3) is 16.8 Å². The minimum Gasteiger partial charge on any atom is -0.507 e. The zero-order chi connectivity index (χ0) is 25.6. The molecule has 1 saturated heterocycles. The molecule has 9 heteroatoms. The van der Waals surface area contributed by atoms with Gasteiger partial charge in [0, 0.05) is 5.56 Å². The predicted molar refractivity (Wildman–Crippen MR) is 140 cm³/mol. The number of imidazole rings is 1. The quantitative estimate of drug-likeness (QED) is 0.183. The maximum atomic E-state index is 13.3. The van der Waals surface area contributed by atoms with Gasteiger partial charge in [0.05, 0.1) is 38.8 Å². The smallest absolute Gasteiger partial charge is 0.302 e. The Hall–Kier alpha value is -3.81. The van der Waals surface area contributed by atoms with Crippen LogP contribution in [0.15, 0.2) is 72.3 Å². The number of amides is 1. The van der Waals surface area contributed by atoms with Crippen molar-refractivity contribution >= 4 is 57.6 Å². The number of aromatic amines is 1. The van der Waals surface area contributed by atoms with Gasteiger partial charge in [-0.1, -0.05) is 47.5 Å². The summed E-state index contributed by atoms with van der Waals surface area (Å²) < 4.78 is 5.74. The minimum absolute atomic E-state index is 0.0216. The van der Waals surface area contributed by atoms with Crippen LogP contribution in [0, 0.1) is 0 Å². The molecule has 182 valence electrons. The molecule has 2 heterocycles. The van der Waals surface area contributed by atoms with Crippen LogP contribution in [-0.4, -0.2) is 32.9 Å². The maximum absolute atomic E-state index is 13.3. The van der Waals surface area contributed by atoms with Crippen LogP contribution in [-0.2, 0) is 9.59 Å². The third kappa shape index (κ3) is 4.21. The number of ketones is 1. The van der Waals surface area contributed by atoms with Gasteiger partial charge in [-0.3, -0.25) is 14.5 Å². The van der Waals surface area contributed by atoms with Gasteiger partial charge in [-0.15, -0.1) is 0 Å². The lowest BCUT2D eigenvalue weighted by atomic mass is 9.95. The molecule has 0 aliphatic carbocycles. The van der Waals surface area contributed by atoms with Crippen LogP contribution in [0.1, 0.15) is 31.0 Å². The first-order chi connectivity index (χ1) is 17.2. The number of nitrogens with zero attached hydrogens (tertiary/aromatic N) is 2. The van der Waals surface area contributed by atoms with Crippen molar-refractivity contribution in [1.29, 1.82) is 0 Å². The van der Waals surface area contributed by atoms with Gasteiger partial charge in [-0.25, -0.2) is 4.98 Å². The van der Waals surface area contributed by atoms with Gasteiger partial charge in [-0.05, 0) is 61.9 Å². The number of rotatable bonds is 5. The van der Waals surface area contributed by atoms with E-state index in [1.807, 2.05) is 32.0 Å². The Morgan fingerprint density at radius 1 is 1.03 bits per heavy atom. The maximum Gasteiger partial charge on any atom is 0.302 e. The molecule has 36 heavy (non-hydrogen) atoms. The van der Waals surface area contributed by atoms with Crippen LogP contribution in [0.5, 0.6) is 5.75 Å². The van der Waals surface area contributed by atoms with Crippen molar-refractivity contribution in [2.45, 2.75) is 26.0 Å².